The Morgan fingerprint density at radius 1 is 1.20 bits per heavy atom. The van der Waals surface area contributed by atoms with Crippen LogP contribution in [0, 0.1) is 20.8 Å². The van der Waals surface area contributed by atoms with E-state index in [4.69, 9.17) is 9.15 Å². The molecule has 0 saturated heterocycles. The van der Waals surface area contributed by atoms with Gasteiger partial charge in [0.1, 0.15) is 29.3 Å². The molecule has 7 nitrogen and oxygen atoms in total. The van der Waals surface area contributed by atoms with Gasteiger partial charge in [-0.2, -0.15) is 0 Å². The number of nitrogens with one attached hydrogen (secondary N) is 1. The summed E-state index contributed by atoms with van der Waals surface area (Å²) in [5.74, 6) is 0.659. The van der Waals surface area contributed by atoms with E-state index in [9.17, 15) is 4.79 Å². The fraction of sp³-hybridized carbons (Fsp3) is 0.389. The van der Waals surface area contributed by atoms with Crippen LogP contribution in [0.1, 0.15) is 29.4 Å². The van der Waals surface area contributed by atoms with Crippen LogP contribution >= 0.6 is 0 Å². The molecule has 0 spiro atoms. The van der Waals surface area contributed by atoms with Gasteiger partial charge in [-0.3, -0.25) is 0 Å². The van der Waals surface area contributed by atoms with E-state index in [1.54, 1.807) is 13.0 Å². The largest absolute Gasteiger partial charge is 0.492 e. The lowest BCUT2D eigenvalue weighted by atomic mass is 10.1. The van der Waals surface area contributed by atoms with Crippen molar-refractivity contribution in [3.63, 3.8) is 0 Å². The zero-order valence-corrected chi connectivity index (χ0v) is 14.8. The number of hydrogen-bond donors (Lipinski definition) is 1. The average molecular weight is 343 g/mol. The molecule has 3 aromatic rings. The first-order chi connectivity index (χ1) is 12.0. The number of nitrogens with zero attached hydrogens (tertiary/aromatic N) is 2. The predicted octanol–water partition coefficient (Wildman–Crippen LogP) is 2.66. The number of aryl methyl sites for hydroxylation is 2. The highest BCUT2D eigenvalue weighted by Crippen LogP contribution is 2.23. The zero-order valence-electron chi connectivity index (χ0n) is 14.8. The maximum absolute atomic E-state index is 11.8. The predicted molar refractivity (Wildman–Crippen MR) is 92.8 cm³/mol. The van der Waals surface area contributed by atoms with E-state index in [0.29, 0.717) is 30.0 Å². The minimum absolute atomic E-state index is 0.0959. The summed E-state index contributed by atoms with van der Waals surface area (Å²) >= 11 is 0. The standard InChI is InChI=1S/C18H21N3O4/c1-10(19-8-16-13(4)20-25-21-16)9-23-14-5-6-15-11(2)12(3)18(22)24-17(15)7-14/h5-7,10,19H,8-9H2,1-4H3. The number of ether oxygens (including phenoxy) is 1. The summed E-state index contributed by atoms with van der Waals surface area (Å²) in [6, 6.07) is 5.64. The number of rotatable bonds is 6. The Hall–Kier alpha value is -2.67. The first-order valence-corrected chi connectivity index (χ1v) is 8.14. The molecular formula is C18H21N3O4. The molecule has 0 aliphatic heterocycles. The highest BCUT2D eigenvalue weighted by atomic mass is 16.6. The fourth-order valence-electron chi connectivity index (χ4n) is 2.48. The fourth-order valence-corrected chi connectivity index (χ4v) is 2.48. The highest BCUT2D eigenvalue weighted by molar-refractivity contribution is 5.82. The molecular weight excluding hydrogens is 322 g/mol. The van der Waals surface area contributed by atoms with Crippen LogP contribution in [0.3, 0.4) is 0 Å². The summed E-state index contributed by atoms with van der Waals surface area (Å²) in [4.78, 5) is 11.8. The van der Waals surface area contributed by atoms with E-state index in [0.717, 1.165) is 22.3 Å². The van der Waals surface area contributed by atoms with Gasteiger partial charge < -0.3 is 14.5 Å². The van der Waals surface area contributed by atoms with Gasteiger partial charge in [0.2, 0.25) is 0 Å². The van der Waals surface area contributed by atoms with Crippen molar-refractivity contribution in [3.8, 4) is 5.75 Å². The molecule has 0 saturated carbocycles. The molecule has 132 valence electrons. The second-order valence-electron chi connectivity index (χ2n) is 6.19. The summed E-state index contributed by atoms with van der Waals surface area (Å²) in [6.07, 6.45) is 0. The van der Waals surface area contributed by atoms with Crippen LogP contribution in [0.4, 0.5) is 0 Å². The quantitative estimate of drug-likeness (QED) is 0.688. The third-order valence-electron chi connectivity index (χ3n) is 4.29. The van der Waals surface area contributed by atoms with E-state index in [1.807, 2.05) is 32.9 Å². The molecule has 1 aromatic carbocycles. The van der Waals surface area contributed by atoms with E-state index in [1.165, 1.54) is 0 Å². The van der Waals surface area contributed by atoms with Gasteiger partial charge in [0.05, 0.1) is 0 Å². The van der Waals surface area contributed by atoms with Crippen molar-refractivity contribution in [1.82, 2.24) is 15.6 Å². The van der Waals surface area contributed by atoms with Gasteiger partial charge in [-0.15, -0.1) is 0 Å². The maximum Gasteiger partial charge on any atom is 0.339 e. The zero-order chi connectivity index (χ0) is 18.0. The van der Waals surface area contributed by atoms with Gasteiger partial charge in [-0.05, 0) is 45.4 Å². The summed E-state index contributed by atoms with van der Waals surface area (Å²) < 4.78 is 15.8. The smallest absolute Gasteiger partial charge is 0.339 e. The summed E-state index contributed by atoms with van der Waals surface area (Å²) in [5.41, 5.74) is 3.35. The minimum Gasteiger partial charge on any atom is -0.492 e. The maximum atomic E-state index is 11.8. The molecule has 0 radical (unpaired) electrons. The Bertz CT molecular complexity index is 945. The molecule has 3 rings (SSSR count). The van der Waals surface area contributed by atoms with Gasteiger partial charge in [0.25, 0.3) is 0 Å². The molecule has 0 bridgehead atoms. The van der Waals surface area contributed by atoms with Crippen LogP contribution in [-0.4, -0.2) is 23.0 Å². The van der Waals surface area contributed by atoms with Crippen LogP contribution in [0.15, 0.2) is 32.0 Å². The van der Waals surface area contributed by atoms with Crippen molar-refractivity contribution >= 4 is 11.0 Å². The van der Waals surface area contributed by atoms with Crippen molar-refractivity contribution in [3.05, 3.63) is 51.1 Å². The van der Waals surface area contributed by atoms with Gasteiger partial charge in [-0.1, -0.05) is 10.3 Å². The molecule has 0 aliphatic carbocycles. The molecule has 0 amide bonds. The third kappa shape index (κ3) is 3.71. The van der Waals surface area contributed by atoms with Crippen molar-refractivity contribution in [1.29, 1.82) is 0 Å². The molecule has 1 N–H and O–H groups in total. The number of benzene rings is 1. The van der Waals surface area contributed by atoms with E-state index >= 15 is 0 Å². The number of aromatic nitrogens is 2. The first-order valence-electron chi connectivity index (χ1n) is 8.14. The molecule has 2 heterocycles. The van der Waals surface area contributed by atoms with Crippen LogP contribution in [0.2, 0.25) is 0 Å². The average Bonchev–Trinajstić information content (AvgIpc) is 3.01. The van der Waals surface area contributed by atoms with Crippen LogP contribution in [0.5, 0.6) is 5.75 Å². The lowest BCUT2D eigenvalue weighted by Crippen LogP contribution is -2.31. The van der Waals surface area contributed by atoms with Crippen LogP contribution < -0.4 is 15.7 Å². The Kier molecular flexibility index (Phi) is 4.85. The van der Waals surface area contributed by atoms with Crippen molar-refractivity contribution in [2.24, 2.45) is 0 Å². The summed E-state index contributed by atoms with van der Waals surface area (Å²) in [7, 11) is 0. The molecule has 1 atom stereocenters. The lowest BCUT2D eigenvalue weighted by Gasteiger charge is -2.14. The normalized spacial score (nSPS) is 12.5. The van der Waals surface area contributed by atoms with Gasteiger partial charge in [0.15, 0.2) is 0 Å². The Labute approximate surface area is 144 Å². The Morgan fingerprint density at radius 3 is 2.72 bits per heavy atom. The lowest BCUT2D eigenvalue weighted by molar-refractivity contribution is 0.269. The number of fused-ring (bicyclic) bond motifs is 1. The minimum atomic E-state index is -0.311. The second-order valence-corrected chi connectivity index (χ2v) is 6.19. The molecule has 1 unspecified atom stereocenters. The highest BCUT2D eigenvalue weighted by Gasteiger charge is 2.10. The summed E-state index contributed by atoms with van der Waals surface area (Å²) in [6.45, 7) is 8.57. The molecule has 25 heavy (non-hydrogen) atoms. The van der Waals surface area contributed by atoms with Crippen molar-refractivity contribution in [2.45, 2.75) is 40.3 Å². The Balaban J connectivity index is 1.64. The van der Waals surface area contributed by atoms with E-state index < -0.39 is 0 Å². The summed E-state index contributed by atoms with van der Waals surface area (Å²) in [5, 5.41) is 11.8. The van der Waals surface area contributed by atoms with E-state index in [2.05, 4.69) is 20.3 Å². The van der Waals surface area contributed by atoms with Gasteiger partial charge in [0, 0.05) is 29.6 Å². The molecule has 2 aromatic heterocycles. The van der Waals surface area contributed by atoms with Crippen LogP contribution in [-0.2, 0) is 6.54 Å². The van der Waals surface area contributed by atoms with Crippen molar-refractivity contribution < 1.29 is 13.8 Å². The molecule has 0 aliphatic rings. The monoisotopic (exact) mass is 343 g/mol. The second kappa shape index (κ2) is 7.06. The van der Waals surface area contributed by atoms with E-state index in [-0.39, 0.29) is 11.7 Å². The SMILES string of the molecule is Cc1nonc1CNC(C)COc1ccc2c(C)c(C)c(=O)oc2c1. The van der Waals surface area contributed by atoms with Gasteiger partial charge in [-0.25, -0.2) is 9.42 Å². The van der Waals surface area contributed by atoms with Crippen molar-refractivity contribution in [2.75, 3.05) is 6.61 Å². The number of hydrogen-bond acceptors (Lipinski definition) is 7. The van der Waals surface area contributed by atoms with Crippen LogP contribution in [0.25, 0.3) is 11.0 Å². The molecule has 0 fully saturated rings. The topological polar surface area (TPSA) is 90.4 Å². The third-order valence-corrected chi connectivity index (χ3v) is 4.29. The van der Waals surface area contributed by atoms with Gasteiger partial charge >= 0.3 is 5.63 Å². The first kappa shape index (κ1) is 17.2. The molecule has 7 heteroatoms. The Morgan fingerprint density at radius 2 is 2.00 bits per heavy atom.